The lowest BCUT2D eigenvalue weighted by Gasteiger charge is -2.03. The average molecular weight is 230 g/mol. The van der Waals surface area contributed by atoms with Gasteiger partial charge in [0.15, 0.2) is 0 Å². The van der Waals surface area contributed by atoms with E-state index < -0.39 is 0 Å². The summed E-state index contributed by atoms with van der Waals surface area (Å²) in [4.78, 5) is 4.33. The molecule has 0 radical (unpaired) electrons. The van der Waals surface area contributed by atoms with E-state index in [9.17, 15) is 0 Å². The molecule has 0 bridgehead atoms. The van der Waals surface area contributed by atoms with Crippen molar-refractivity contribution >= 4 is 33.4 Å². The number of hydrogen-bond donors (Lipinski definition) is 0. The van der Waals surface area contributed by atoms with Crippen LogP contribution in [0.5, 0.6) is 0 Å². The Balaban J connectivity index is 2.59. The van der Waals surface area contributed by atoms with Crippen molar-refractivity contribution in [3.63, 3.8) is 0 Å². The molecule has 0 saturated carbocycles. The molecular formula is C12H8ClN3. The number of hydrogen-bond acceptors (Lipinski definition) is 3. The van der Waals surface area contributed by atoms with E-state index in [1.165, 1.54) is 0 Å². The molecule has 78 valence electrons. The van der Waals surface area contributed by atoms with Gasteiger partial charge < -0.3 is 0 Å². The summed E-state index contributed by atoms with van der Waals surface area (Å²) in [6, 6.07) is 9.70. The molecule has 0 fully saturated rings. The van der Waals surface area contributed by atoms with Crippen LogP contribution in [0.3, 0.4) is 0 Å². The number of aromatic nitrogens is 3. The van der Waals surface area contributed by atoms with Gasteiger partial charge in [-0.3, -0.25) is 0 Å². The summed E-state index contributed by atoms with van der Waals surface area (Å²) in [6.45, 7) is 1.89. The molecule has 0 amide bonds. The zero-order valence-electron chi connectivity index (χ0n) is 8.61. The highest BCUT2D eigenvalue weighted by molar-refractivity contribution is 6.35. The van der Waals surface area contributed by atoms with Crippen LogP contribution in [0.25, 0.3) is 21.8 Å². The maximum atomic E-state index is 6.13. The smallest absolute Gasteiger partial charge is 0.137 e. The highest BCUT2D eigenvalue weighted by Gasteiger charge is 2.07. The van der Waals surface area contributed by atoms with Gasteiger partial charge in [0.25, 0.3) is 0 Å². The summed E-state index contributed by atoms with van der Waals surface area (Å²) in [6.07, 6.45) is 0. The van der Waals surface area contributed by atoms with Crippen molar-refractivity contribution in [3.05, 3.63) is 41.2 Å². The first kappa shape index (κ1) is 9.48. The van der Waals surface area contributed by atoms with Crippen molar-refractivity contribution in [3.8, 4) is 0 Å². The molecule has 3 aromatic rings. The third-order valence-electron chi connectivity index (χ3n) is 2.52. The van der Waals surface area contributed by atoms with Crippen molar-refractivity contribution in [2.24, 2.45) is 0 Å². The fourth-order valence-corrected chi connectivity index (χ4v) is 2.04. The molecule has 1 aromatic carbocycles. The Morgan fingerprint density at radius 3 is 2.62 bits per heavy atom. The van der Waals surface area contributed by atoms with E-state index in [4.69, 9.17) is 11.6 Å². The summed E-state index contributed by atoms with van der Waals surface area (Å²) in [7, 11) is 0. The predicted molar refractivity (Wildman–Crippen MR) is 64.6 cm³/mol. The first-order valence-corrected chi connectivity index (χ1v) is 5.32. The van der Waals surface area contributed by atoms with Gasteiger partial charge in [-0.15, -0.1) is 5.10 Å². The summed E-state index contributed by atoms with van der Waals surface area (Å²) in [5.41, 5.74) is 2.42. The van der Waals surface area contributed by atoms with Gasteiger partial charge in [0.2, 0.25) is 0 Å². The number of fused-ring (bicyclic) bond motifs is 3. The van der Waals surface area contributed by atoms with E-state index in [1.807, 2.05) is 37.3 Å². The fourth-order valence-electron chi connectivity index (χ4n) is 1.79. The first-order chi connectivity index (χ1) is 7.75. The second-order valence-electron chi connectivity index (χ2n) is 3.67. The largest absolute Gasteiger partial charge is 0.234 e. The Hall–Kier alpha value is -1.74. The van der Waals surface area contributed by atoms with Crippen LogP contribution < -0.4 is 0 Å². The summed E-state index contributed by atoms with van der Waals surface area (Å²) in [5, 5.41) is 10.6. The maximum absolute atomic E-state index is 6.13. The molecule has 3 rings (SSSR count). The Kier molecular flexibility index (Phi) is 2.01. The number of benzene rings is 1. The Labute approximate surface area is 97.1 Å². The summed E-state index contributed by atoms with van der Waals surface area (Å²) >= 11 is 6.13. The molecule has 0 unspecified atom stereocenters. The zero-order chi connectivity index (χ0) is 11.1. The van der Waals surface area contributed by atoms with Crippen LogP contribution in [-0.4, -0.2) is 15.2 Å². The van der Waals surface area contributed by atoms with Crippen LogP contribution >= 0.6 is 11.6 Å². The van der Waals surface area contributed by atoms with E-state index in [1.54, 1.807) is 0 Å². The minimum absolute atomic E-state index is 0.510. The lowest BCUT2D eigenvalue weighted by molar-refractivity contribution is 1.02. The molecule has 0 N–H and O–H groups in total. The van der Waals surface area contributed by atoms with Crippen molar-refractivity contribution < 1.29 is 0 Å². The molecule has 16 heavy (non-hydrogen) atoms. The molecule has 0 aliphatic rings. The van der Waals surface area contributed by atoms with Crippen LogP contribution in [0.1, 0.15) is 5.69 Å². The lowest BCUT2D eigenvalue weighted by atomic mass is 10.1. The Morgan fingerprint density at radius 1 is 1.06 bits per heavy atom. The molecule has 0 atom stereocenters. The first-order valence-electron chi connectivity index (χ1n) is 4.94. The molecular weight excluding hydrogens is 222 g/mol. The van der Waals surface area contributed by atoms with Gasteiger partial charge in [-0.1, -0.05) is 35.9 Å². The topological polar surface area (TPSA) is 38.7 Å². The van der Waals surface area contributed by atoms with E-state index in [2.05, 4.69) is 15.2 Å². The lowest BCUT2D eigenvalue weighted by Crippen LogP contribution is -1.92. The normalized spacial score (nSPS) is 11.1. The standard InChI is InChI=1S/C12H8ClN3/c1-7-6-10-11(16-15-7)8-4-2-3-5-9(8)12(13)14-10/h2-6H,1H3. The maximum Gasteiger partial charge on any atom is 0.137 e. The van der Waals surface area contributed by atoms with Gasteiger partial charge in [-0.2, -0.15) is 5.10 Å². The van der Waals surface area contributed by atoms with Crippen LogP contribution in [-0.2, 0) is 0 Å². The number of rotatable bonds is 0. The van der Waals surface area contributed by atoms with E-state index in [0.717, 1.165) is 27.5 Å². The number of halogens is 1. The summed E-state index contributed by atoms with van der Waals surface area (Å²) < 4.78 is 0. The second-order valence-corrected chi connectivity index (χ2v) is 4.03. The molecule has 2 aromatic heterocycles. The molecule has 4 heteroatoms. The average Bonchev–Trinajstić information content (AvgIpc) is 2.29. The Bertz CT molecular complexity index is 694. The minimum Gasteiger partial charge on any atom is -0.234 e. The predicted octanol–water partition coefficient (Wildman–Crippen LogP) is 3.14. The minimum atomic E-state index is 0.510. The van der Waals surface area contributed by atoms with E-state index in [-0.39, 0.29) is 0 Å². The van der Waals surface area contributed by atoms with Crippen LogP contribution in [0.2, 0.25) is 5.15 Å². The molecule has 2 heterocycles. The van der Waals surface area contributed by atoms with Gasteiger partial charge >= 0.3 is 0 Å². The van der Waals surface area contributed by atoms with Crippen molar-refractivity contribution in [2.75, 3.05) is 0 Å². The van der Waals surface area contributed by atoms with Gasteiger partial charge in [0.1, 0.15) is 10.7 Å². The van der Waals surface area contributed by atoms with Crippen LogP contribution in [0.15, 0.2) is 30.3 Å². The molecule has 0 spiro atoms. The third-order valence-corrected chi connectivity index (χ3v) is 2.81. The second kappa shape index (κ2) is 3.39. The summed E-state index contributed by atoms with van der Waals surface area (Å²) in [5.74, 6) is 0. The number of aryl methyl sites for hydroxylation is 1. The van der Waals surface area contributed by atoms with Crippen molar-refractivity contribution in [1.29, 1.82) is 0 Å². The monoisotopic (exact) mass is 229 g/mol. The Morgan fingerprint density at radius 2 is 1.81 bits per heavy atom. The highest BCUT2D eigenvalue weighted by atomic mass is 35.5. The van der Waals surface area contributed by atoms with Gasteiger partial charge in [0.05, 0.1) is 11.2 Å². The molecule has 0 aliphatic heterocycles. The van der Waals surface area contributed by atoms with E-state index in [0.29, 0.717) is 5.15 Å². The number of nitrogens with zero attached hydrogens (tertiary/aromatic N) is 3. The molecule has 0 aliphatic carbocycles. The zero-order valence-corrected chi connectivity index (χ0v) is 9.36. The van der Waals surface area contributed by atoms with Crippen molar-refractivity contribution in [2.45, 2.75) is 6.92 Å². The third kappa shape index (κ3) is 1.32. The molecule has 3 nitrogen and oxygen atoms in total. The van der Waals surface area contributed by atoms with Crippen molar-refractivity contribution in [1.82, 2.24) is 15.2 Å². The fraction of sp³-hybridized carbons (Fsp3) is 0.0833. The van der Waals surface area contributed by atoms with Crippen LogP contribution in [0, 0.1) is 6.92 Å². The van der Waals surface area contributed by atoms with E-state index >= 15 is 0 Å². The van der Waals surface area contributed by atoms with Gasteiger partial charge in [-0.05, 0) is 13.0 Å². The molecule has 0 saturated heterocycles. The quantitative estimate of drug-likeness (QED) is 0.439. The van der Waals surface area contributed by atoms with Gasteiger partial charge in [-0.25, -0.2) is 4.98 Å². The SMILES string of the molecule is Cc1cc2nc(Cl)c3ccccc3c2nn1. The highest BCUT2D eigenvalue weighted by Crippen LogP contribution is 2.27. The number of pyridine rings is 1. The van der Waals surface area contributed by atoms with Crippen LogP contribution in [0.4, 0.5) is 0 Å². The van der Waals surface area contributed by atoms with Gasteiger partial charge in [0, 0.05) is 10.8 Å².